The van der Waals surface area contributed by atoms with Crippen LogP contribution in [0.25, 0.3) is 11.1 Å². The third-order valence-corrected chi connectivity index (χ3v) is 8.35. The summed E-state index contributed by atoms with van der Waals surface area (Å²) in [7, 11) is 0. The number of rotatable bonds is 5. The van der Waals surface area contributed by atoms with Crippen LogP contribution in [0, 0.1) is 11.8 Å². The van der Waals surface area contributed by atoms with Crippen molar-refractivity contribution in [1.29, 1.82) is 0 Å². The Hall–Kier alpha value is -2.73. The lowest BCUT2D eigenvalue weighted by atomic mass is 9.77. The Morgan fingerprint density at radius 3 is 2.74 bits per heavy atom. The second-order valence-electron chi connectivity index (χ2n) is 10.2. The zero-order chi connectivity index (χ0) is 24.0. The molecule has 2 aliphatic rings. The number of nitrogens with zero attached hydrogens (tertiary/aromatic N) is 2. The monoisotopic (exact) mass is 481 g/mol. The van der Waals surface area contributed by atoms with E-state index in [0.29, 0.717) is 47.6 Å². The molecular weight excluding hydrogens is 450 g/mol. The third-order valence-electron chi connectivity index (χ3n) is 8.10. The topological polar surface area (TPSA) is 67.5 Å². The number of furan rings is 1. The van der Waals surface area contributed by atoms with E-state index in [1.165, 1.54) is 6.42 Å². The van der Waals surface area contributed by atoms with E-state index < -0.39 is 5.54 Å². The van der Waals surface area contributed by atoms with Gasteiger partial charge in [0.15, 0.2) is 5.58 Å². The summed E-state index contributed by atoms with van der Waals surface area (Å²) in [6.07, 6.45) is 5.55. The van der Waals surface area contributed by atoms with Crippen LogP contribution in [0.3, 0.4) is 0 Å². The number of nitrogens with one attached hydrogen (secondary N) is 1. The molecule has 34 heavy (non-hydrogen) atoms. The number of carbonyl (C=O) groups is 2. The molecule has 0 unspecified atom stereocenters. The van der Waals surface area contributed by atoms with Crippen molar-refractivity contribution in [2.45, 2.75) is 64.6 Å². The zero-order valence-electron chi connectivity index (χ0n) is 20.0. The van der Waals surface area contributed by atoms with Crippen LogP contribution in [0.4, 0.5) is 0 Å². The summed E-state index contributed by atoms with van der Waals surface area (Å²) < 4.78 is 7.50. The molecular formula is C27H32ClN3O3. The Kier molecular flexibility index (Phi) is 5.96. The van der Waals surface area contributed by atoms with Crippen molar-refractivity contribution in [3.63, 3.8) is 0 Å². The Balaban J connectivity index is 1.46. The van der Waals surface area contributed by atoms with E-state index in [0.717, 1.165) is 23.9 Å². The maximum atomic E-state index is 13.9. The first-order valence-corrected chi connectivity index (χ1v) is 12.6. The van der Waals surface area contributed by atoms with Crippen LogP contribution in [-0.4, -0.2) is 39.4 Å². The largest absolute Gasteiger partial charge is 0.463 e. The summed E-state index contributed by atoms with van der Waals surface area (Å²) in [5.74, 6) is 0.751. The molecule has 3 heterocycles. The summed E-state index contributed by atoms with van der Waals surface area (Å²) in [5, 5.41) is 4.02. The van der Waals surface area contributed by atoms with Gasteiger partial charge in [-0.1, -0.05) is 50.4 Å². The Morgan fingerprint density at radius 2 is 1.97 bits per heavy atom. The lowest BCUT2D eigenvalue weighted by Crippen LogP contribution is -2.65. The SMILES string of the molecule is C[C@H]1[C@H](C)CCC[C@@H]1NC(=O)[C@@]1(C)Cn2c(cc3occc32)C(=O)N1CCc1ccc(Cl)cc1. The van der Waals surface area contributed by atoms with E-state index >= 15 is 0 Å². The van der Waals surface area contributed by atoms with E-state index in [9.17, 15) is 9.59 Å². The number of hydrogen-bond donors (Lipinski definition) is 1. The van der Waals surface area contributed by atoms with Crippen molar-refractivity contribution in [2.75, 3.05) is 6.54 Å². The average Bonchev–Trinajstić information content (AvgIpc) is 3.40. The van der Waals surface area contributed by atoms with Crippen LogP contribution in [0.1, 0.15) is 56.1 Å². The van der Waals surface area contributed by atoms with Crippen LogP contribution in [0.2, 0.25) is 5.02 Å². The van der Waals surface area contributed by atoms with Crippen LogP contribution in [0.15, 0.2) is 47.1 Å². The third kappa shape index (κ3) is 3.92. The van der Waals surface area contributed by atoms with Crippen molar-refractivity contribution < 1.29 is 14.0 Å². The Bertz CT molecular complexity index is 1210. The molecule has 3 aromatic rings. The van der Waals surface area contributed by atoms with Gasteiger partial charge in [0.05, 0.1) is 18.3 Å². The predicted molar refractivity (Wildman–Crippen MR) is 133 cm³/mol. The molecule has 1 N–H and O–H groups in total. The van der Waals surface area contributed by atoms with E-state index in [1.54, 1.807) is 17.2 Å². The van der Waals surface area contributed by atoms with Crippen molar-refractivity contribution in [3.05, 3.63) is 58.9 Å². The first-order valence-electron chi connectivity index (χ1n) is 12.2. The molecule has 6 nitrogen and oxygen atoms in total. The van der Waals surface area contributed by atoms with Gasteiger partial charge in [0, 0.05) is 29.7 Å². The predicted octanol–water partition coefficient (Wildman–Crippen LogP) is 5.29. The maximum absolute atomic E-state index is 13.9. The van der Waals surface area contributed by atoms with Crippen LogP contribution in [-0.2, 0) is 17.8 Å². The molecule has 7 heteroatoms. The second kappa shape index (κ2) is 8.81. The summed E-state index contributed by atoms with van der Waals surface area (Å²) in [6, 6.07) is 11.4. The minimum atomic E-state index is -1.01. The van der Waals surface area contributed by atoms with E-state index in [1.807, 2.05) is 41.8 Å². The summed E-state index contributed by atoms with van der Waals surface area (Å²) in [5.41, 5.74) is 2.14. The smallest absolute Gasteiger partial charge is 0.271 e. The number of hydrogen-bond acceptors (Lipinski definition) is 3. The lowest BCUT2D eigenvalue weighted by Gasteiger charge is -2.45. The molecule has 1 aromatic carbocycles. The number of benzene rings is 1. The fourth-order valence-electron chi connectivity index (χ4n) is 5.62. The highest BCUT2D eigenvalue weighted by Crippen LogP contribution is 2.35. The summed E-state index contributed by atoms with van der Waals surface area (Å²) in [6.45, 7) is 7.21. The zero-order valence-corrected chi connectivity index (χ0v) is 20.8. The number of halogens is 1. The molecule has 4 atom stereocenters. The number of fused-ring (bicyclic) bond motifs is 3. The molecule has 1 fully saturated rings. The van der Waals surface area contributed by atoms with Gasteiger partial charge in [-0.3, -0.25) is 9.59 Å². The maximum Gasteiger partial charge on any atom is 0.271 e. The molecule has 2 aromatic heterocycles. The Labute approximate surface area is 205 Å². The number of carbonyl (C=O) groups excluding carboxylic acids is 2. The first kappa shape index (κ1) is 23.0. The highest BCUT2D eigenvalue weighted by molar-refractivity contribution is 6.30. The molecule has 180 valence electrons. The van der Waals surface area contributed by atoms with Crippen LogP contribution >= 0.6 is 11.6 Å². The first-order chi connectivity index (χ1) is 16.3. The fraction of sp³-hybridized carbons (Fsp3) is 0.481. The van der Waals surface area contributed by atoms with Gasteiger partial charge < -0.3 is 19.2 Å². The van der Waals surface area contributed by atoms with E-state index in [-0.39, 0.29) is 17.9 Å². The lowest BCUT2D eigenvalue weighted by molar-refractivity contribution is -0.134. The van der Waals surface area contributed by atoms with Gasteiger partial charge in [0.2, 0.25) is 5.91 Å². The van der Waals surface area contributed by atoms with Gasteiger partial charge in [0.1, 0.15) is 11.2 Å². The van der Waals surface area contributed by atoms with Crippen molar-refractivity contribution in [2.24, 2.45) is 11.8 Å². The number of amides is 2. The van der Waals surface area contributed by atoms with Crippen molar-refractivity contribution in [3.8, 4) is 0 Å². The molecule has 2 amide bonds. The van der Waals surface area contributed by atoms with Crippen molar-refractivity contribution in [1.82, 2.24) is 14.8 Å². The van der Waals surface area contributed by atoms with Crippen LogP contribution < -0.4 is 5.32 Å². The molecule has 0 spiro atoms. The molecule has 1 saturated carbocycles. The quantitative estimate of drug-likeness (QED) is 0.538. The number of aromatic nitrogens is 1. The van der Waals surface area contributed by atoms with E-state index in [2.05, 4.69) is 19.2 Å². The Morgan fingerprint density at radius 1 is 1.21 bits per heavy atom. The van der Waals surface area contributed by atoms with Crippen LogP contribution in [0.5, 0.6) is 0 Å². The van der Waals surface area contributed by atoms with Crippen molar-refractivity contribution >= 4 is 34.5 Å². The average molecular weight is 482 g/mol. The molecule has 5 rings (SSSR count). The van der Waals surface area contributed by atoms with Gasteiger partial charge in [-0.05, 0) is 49.3 Å². The van der Waals surface area contributed by atoms with E-state index in [4.69, 9.17) is 16.0 Å². The molecule has 1 aliphatic heterocycles. The van der Waals surface area contributed by atoms with Gasteiger partial charge in [0.25, 0.3) is 5.91 Å². The highest BCUT2D eigenvalue weighted by atomic mass is 35.5. The normalized spacial score (nSPS) is 27.1. The molecule has 0 bridgehead atoms. The molecule has 0 saturated heterocycles. The summed E-state index contributed by atoms with van der Waals surface area (Å²) >= 11 is 6.04. The standard InChI is InChI=1S/C27H32ClN3O3/c1-17-5-4-6-21(18(17)2)29-26(33)27(3)16-30-22-12-14-34-24(22)15-23(30)25(32)31(27)13-11-19-7-9-20(28)10-8-19/h7-10,12,14-15,17-18,21H,4-6,11,13,16H2,1-3H3,(H,29,33)/t17-,18+,21+,27-/m1/s1. The van der Waals surface area contributed by atoms with Gasteiger partial charge in [-0.25, -0.2) is 0 Å². The second-order valence-corrected chi connectivity index (χ2v) is 10.7. The highest BCUT2D eigenvalue weighted by Gasteiger charge is 2.48. The molecule has 0 radical (unpaired) electrons. The fourth-order valence-corrected chi connectivity index (χ4v) is 5.75. The van der Waals surface area contributed by atoms with Gasteiger partial charge in [-0.15, -0.1) is 0 Å². The van der Waals surface area contributed by atoms with Gasteiger partial charge in [-0.2, -0.15) is 0 Å². The molecule has 1 aliphatic carbocycles. The minimum absolute atomic E-state index is 0.0844. The summed E-state index contributed by atoms with van der Waals surface area (Å²) in [4.78, 5) is 29.4. The van der Waals surface area contributed by atoms with Gasteiger partial charge >= 0.3 is 0 Å². The minimum Gasteiger partial charge on any atom is -0.463 e.